The molecule has 0 atom stereocenters. The van der Waals surface area contributed by atoms with Crippen molar-refractivity contribution in [2.75, 3.05) is 6.61 Å². The van der Waals surface area contributed by atoms with Gasteiger partial charge in [-0.15, -0.1) is 0 Å². The van der Waals surface area contributed by atoms with E-state index in [0.29, 0.717) is 0 Å². The monoisotopic (exact) mass is 166 g/mol. The van der Waals surface area contributed by atoms with Gasteiger partial charge in [0.15, 0.2) is 0 Å². The van der Waals surface area contributed by atoms with Gasteiger partial charge in [-0.1, -0.05) is 6.08 Å². The molecule has 1 heterocycles. The van der Waals surface area contributed by atoms with Gasteiger partial charge in [-0.05, 0) is 19.4 Å². The second-order valence-electron chi connectivity index (χ2n) is 2.96. The molecule has 0 aliphatic heterocycles. The molecular formula is C9H14N2O. The third-order valence-corrected chi connectivity index (χ3v) is 1.92. The van der Waals surface area contributed by atoms with Crippen LogP contribution in [-0.2, 0) is 7.05 Å². The van der Waals surface area contributed by atoms with Gasteiger partial charge < -0.3 is 5.11 Å². The van der Waals surface area contributed by atoms with Crippen LogP contribution in [0, 0.1) is 6.92 Å². The summed E-state index contributed by atoms with van der Waals surface area (Å²) in [5.41, 5.74) is 3.14. The van der Waals surface area contributed by atoms with Crippen LogP contribution in [0.1, 0.15) is 18.2 Å². The number of aliphatic hydroxyl groups is 1. The summed E-state index contributed by atoms with van der Waals surface area (Å²) >= 11 is 0. The highest BCUT2D eigenvalue weighted by Crippen LogP contribution is 2.10. The Bertz CT molecular complexity index is 299. The fourth-order valence-corrected chi connectivity index (χ4v) is 0.968. The number of aryl methyl sites for hydroxylation is 1. The molecule has 0 unspecified atom stereocenters. The van der Waals surface area contributed by atoms with Gasteiger partial charge in [-0.3, -0.25) is 4.68 Å². The van der Waals surface area contributed by atoms with Crippen molar-refractivity contribution in [3.63, 3.8) is 0 Å². The van der Waals surface area contributed by atoms with Gasteiger partial charge in [0.1, 0.15) is 0 Å². The van der Waals surface area contributed by atoms with Gasteiger partial charge in [0.2, 0.25) is 0 Å². The Hall–Kier alpha value is -1.09. The lowest BCUT2D eigenvalue weighted by molar-refractivity contribution is 0.332. The largest absolute Gasteiger partial charge is 0.392 e. The van der Waals surface area contributed by atoms with E-state index < -0.39 is 0 Å². The van der Waals surface area contributed by atoms with E-state index in [2.05, 4.69) is 5.10 Å². The standard InChI is InChI=1S/C9H14N2O/c1-7(6-12)4-9-5-10-11(3)8(9)2/h4-5,12H,6H2,1-3H3. The summed E-state index contributed by atoms with van der Waals surface area (Å²) < 4.78 is 1.82. The molecule has 3 heteroatoms. The van der Waals surface area contributed by atoms with Gasteiger partial charge >= 0.3 is 0 Å². The lowest BCUT2D eigenvalue weighted by Gasteiger charge is -1.96. The zero-order chi connectivity index (χ0) is 9.14. The number of hydrogen-bond donors (Lipinski definition) is 1. The van der Waals surface area contributed by atoms with Crippen molar-refractivity contribution in [3.8, 4) is 0 Å². The van der Waals surface area contributed by atoms with E-state index in [1.807, 2.05) is 31.7 Å². The highest BCUT2D eigenvalue weighted by molar-refractivity contribution is 5.53. The van der Waals surface area contributed by atoms with Crippen molar-refractivity contribution in [2.24, 2.45) is 7.05 Å². The first-order chi connectivity index (χ1) is 5.65. The van der Waals surface area contributed by atoms with E-state index in [-0.39, 0.29) is 6.61 Å². The molecule has 0 radical (unpaired) electrons. The van der Waals surface area contributed by atoms with Crippen molar-refractivity contribution in [2.45, 2.75) is 13.8 Å². The summed E-state index contributed by atoms with van der Waals surface area (Å²) in [6, 6.07) is 0. The van der Waals surface area contributed by atoms with Crippen LogP contribution in [0.25, 0.3) is 6.08 Å². The average molecular weight is 166 g/mol. The normalized spacial score (nSPS) is 12.2. The Morgan fingerprint density at radius 1 is 1.75 bits per heavy atom. The summed E-state index contributed by atoms with van der Waals surface area (Å²) in [5.74, 6) is 0. The van der Waals surface area contributed by atoms with Gasteiger partial charge in [-0.2, -0.15) is 5.10 Å². The molecule has 3 nitrogen and oxygen atoms in total. The van der Waals surface area contributed by atoms with E-state index in [1.165, 1.54) is 0 Å². The third kappa shape index (κ3) is 1.74. The molecule has 66 valence electrons. The predicted octanol–water partition coefficient (Wildman–Crippen LogP) is 1.12. The van der Waals surface area contributed by atoms with Crippen LogP contribution in [0.3, 0.4) is 0 Å². The maximum Gasteiger partial charge on any atom is 0.0642 e. The topological polar surface area (TPSA) is 38.0 Å². The molecule has 1 rings (SSSR count). The van der Waals surface area contributed by atoms with Crippen LogP contribution >= 0.6 is 0 Å². The molecule has 0 aliphatic rings. The zero-order valence-electron chi connectivity index (χ0n) is 7.70. The van der Waals surface area contributed by atoms with Gasteiger partial charge in [0, 0.05) is 18.3 Å². The third-order valence-electron chi connectivity index (χ3n) is 1.92. The van der Waals surface area contributed by atoms with Crippen molar-refractivity contribution in [3.05, 3.63) is 23.0 Å². The highest BCUT2D eigenvalue weighted by Gasteiger charge is 1.99. The average Bonchev–Trinajstić information content (AvgIpc) is 2.36. The van der Waals surface area contributed by atoms with Crippen molar-refractivity contribution in [1.29, 1.82) is 0 Å². The molecule has 0 saturated heterocycles. The first-order valence-corrected chi connectivity index (χ1v) is 3.91. The lowest BCUT2D eigenvalue weighted by atomic mass is 10.2. The fourth-order valence-electron chi connectivity index (χ4n) is 0.968. The van der Waals surface area contributed by atoms with E-state index in [9.17, 15) is 0 Å². The SMILES string of the molecule is CC(=Cc1cnn(C)c1C)CO. The fraction of sp³-hybridized carbons (Fsp3) is 0.444. The second kappa shape index (κ2) is 3.54. The molecule has 1 aromatic heterocycles. The summed E-state index contributed by atoms with van der Waals surface area (Å²) in [6.07, 6.45) is 3.75. The van der Waals surface area contributed by atoms with Crippen LogP contribution in [0.15, 0.2) is 11.8 Å². The molecule has 0 saturated carbocycles. The van der Waals surface area contributed by atoms with Crippen LogP contribution in [0.4, 0.5) is 0 Å². The molecule has 0 aliphatic carbocycles. The van der Waals surface area contributed by atoms with Crippen LogP contribution in [0.5, 0.6) is 0 Å². The summed E-state index contributed by atoms with van der Waals surface area (Å²) in [4.78, 5) is 0. The van der Waals surface area contributed by atoms with E-state index in [0.717, 1.165) is 16.8 Å². The van der Waals surface area contributed by atoms with Gasteiger partial charge in [0.05, 0.1) is 12.8 Å². The van der Waals surface area contributed by atoms with Crippen LogP contribution in [-0.4, -0.2) is 21.5 Å². The van der Waals surface area contributed by atoms with Crippen molar-refractivity contribution in [1.82, 2.24) is 9.78 Å². The highest BCUT2D eigenvalue weighted by atomic mass is 16.3. The number of aliphatic hydroxyl groups excluding tert-OH is 1. The smallest absolute Gasteiger partial charge is 0.0642 e. The Kier molecular flexibility index (Phi) is 2.65. The number of rotatable bonds is 2. The maximum absolute atomic E-state index is 8.80. The molecule has 0 fully saturated rings. The Morgan fingerprint density at radius 2 is 2.42 bits per heavy atom. The lowest BCUT2D eigenvalue weighted by Crippen LogP contribution is -1.92. The van der Waals surface area contributed by atoms with Gasteiger partial charge in [0.25, 0.3) is 0 Å². The van der Waals surface area contributed by atoms with Crippen LogP contribution < -0.4 is 0 Å². The molecule has 1 aromatic rings. The number of hydrogen-bond acceptors (Lipinski definition) is 2. The van der Waals surface area contributed by atoms with E-state index in [4.69, 9.17) is 5.11 Å². The summed E-state index contributed by atoms with van der Waals surface area (Å²) in [6.45, 7) is 4.00. The van der Waals surface area contributed by atoms with Gasteiger partial charge in [-0.25, -0.2) is 0 Å². The molecule has 12 heavy (non-hydrogen) atoms. The second-order valence-corrected chi connectivity index (χ2v) is 2.96. The van der Waals surface area contributed by atoms with E-state index in [1.54, 1.807) is 6.20 Å². The maximum atomic E-state index is 8.80. The molecular weight excluding hydrogens is 152 g/mol. The number of aromatic nitrogens is 2. The molecule has 1 N–H and O–H groups in total. The van der Waals surface area contributed by atoms with Crippen molar-refractivity contribution < 1.29 is 5.11 Å². The van der Waals surface area contributed by atoms with E-state index >= 15 is 0 Å². The zero-order valence-corrected chi connectivity index (χ0v) is 7.70. The minimum Gasteiger partial charge on any atom is -0.392 e. The molecule has 0 amide bonds. The Balaban J connectivity index is 2.97. The molecule has 0 spiro atoms. The minimum absolute atomic E-state index is 0.105. The first-order valence-electron chi connectivity index (χ1n) is 3.91. The summed E-state index contributed by atoms with van der Waals surface area (Å²) in [5, 5.41) is 12.9. The predicted molar refractivity (Wildman–Crippen MR) is 48.7 cm³/mol. The van der Waals surface area contributed by atoms with Crippen LogP contribution in [0.2, 0.25) is 0 Å². The first kappa shape index (κ1) is 9.00. The quantitative estimate of drug-likeness (QED) is 0.715. The molecule has 0 aromatic carbocycles. The summed E-state index contributed by atoms with van der Waals surface area (Å²) in [7, 11) is 1.90. The Labute approximate surface area is 72.3 Å². The van der Waals surface area contributed by atoms with Crippen molar-refractivity contribution >= 4 is 6.08 Å². The minimum atomic E-state index is 0.105. The molecule has 0 bridgehead atoms. The number of nitrogens with zero attached hydrogens (tertiary/aromatic N) is 2. The Morgan fingerprint density at radius 3 is 2.83 bits per heavy atom.